The topological polar surface area (TPSA) is 63.9 Å². The van der Waals surface area contributed by atoms with E-state index in [4.69, 9.17) is 0 Å². The van der Waals surface area contributed by atoms with E-state index < -0.39 is 0 Å². The van der Waals surface area contributed by atoms with Crippen LogP contribution in [-0.2, 0) is 30.8 Å². The monoisotopic (exact) mass is 341 g/mol. The zero-order chi connectivity index (χ0) is 18.1. The molecule has 1 aliphatic heterocycles. The van der Waals surface area contributed by atoms with Gasteiger partial charge in [-0.25, -0.2) is 9.97 Å². The molecule has 0 N–H and O–H groups in total. The maximum absolute atomic E-state index is 12.6. The van der Waals surface area contributed by atoms with Gasteiger partial charge < -0.3 is 4.90 Å². The second kappa shape index (κ2) is 6.94. The number of rotatable bonds is 5. The van der Waals surface area contributed by atoms with Crippen LogP contribution < -0.4 is 0 Å². The molecule has 0 aliphatic carbocycles. The maximum Gasteiger partial charge on any atom is 0.225 e. The van der Waals surface area contributed by atoms with Crippen LogP contribution >= 0.6 is 0 Å². The maximum atomic E-state index is 12.6. The second-order valence-electron chi connectivity index (χ2n) is 7.37. The Bertz CT molecular complexity index is 793. The number of hydrogen-bond donors (Lipinski definition) is 0. The largest absolute Gasteiger partial charge is 0.332 e. The summed E-state index contributed by atoms with van der Waals surface area (Å²) in [4.78, 5) is 23.6. The lowest BCUT2D eigenvalue weighted by molar-refractivity contribution is -0.132. The molecule has 0 bridgehead atoms. The van der Waals surface area contributed by atoms with E-state index in [1.165, 1.54) is 5.56 Å². The van der Waals surface area contributed by atoms with Crippen LogP contribution in [0.2, 0.25) is 0 Å². The first kappa shape index (κ1) is 17.6. The van der Waals surface area contributed by atoms with Crippen LogP contribution in [0, 0.1) is 26.7 Å². The Morgan fingerprint density at radius 2 is 2.00 bits per heavy atom. The van der Waals surface area contributed by atoms with Crippen molar-refractivity contribution in [2.45, 2.75) is 67.1 Å². The van der Waals surface area contributed by atoms with Gasteiger partial charge >= 0.3 is 0 Å². The van der Waals surface area contributed by atoms with Crippen LogP contribution in [-0.4, -0.2) is 30.6 Å². The normalized spacial score (nSPS) is 13.6. The van der Waals surface area contributed by atoms with E-state index in [9.17, 15) is 4.79 Å². The van der Waals surface area contributed by atoms with Gasteiger partial charge in [-0.15, -0.1) is 0 Å². The Labute approximate surface area is 149 Å². The van der Waals surface area contributed by atoms with Crippen LogP contribution in [0.25, 0.3) is 0 Å². The van der Waals surface area contributed by atoms with E-state index in [1.807, 2.05) is 22.7 Å². The Balaban J connectivity index is 1.61. The van der Waals surface area contributed by atoms with E-state index in [1.54, 1.807) is 0 Å². The lowest BCUT2D eigenvalue weighted by atomic mass is 10.1. The molecule has 3 heterocycles. The zero-order valence-electron chi connectivity index (χ0n) is 15.8. The third kappa shape index (κ3) is 3.72. The lowest BCUT2D eigenvalue weighted by Gasteiger charge is -2.15. The molecule has 0 fully saturated rings. The third-order valence-corrected chi connectivity index (χ3v) is 4.93. The van der Waals surface area contributed by atoms with E-state index in [-0.39, 0.29) is 5.91 Å². The van der Waals surface area contributed by atoms with Crippen molar-refractivity contribution < 1.29 is 4.79 Å². The molecule has 2 aromatic rings. The number of nitrogens with zero attached hydrogens (tertiary/aromatic N) is 5. The summed E-state index contributed by atoms with van der Waals surface area (Å²) in [5.74, 6) is 1.55. The number of aromatic nitrogens is 4. The quantitative estimate of drug-likeness (QED) is 0.839. The second-order valence-corrected chi connectivity index (χ2v) is 7.37. The number of fused-ring (bicyclic) bond motifs is 1. The molecule has 0 atom stereocenters. The predicted octanol–water partition coefficient (Wildman–Crippen LogP) is 2.73. The molecule has 25 heavy (non-hydrogen) atoms. The molecule has 6 nitrogen and oxygen atoms in total. The fourth-order valence-corrected chi connectivity index (χ4v) is 3.20. The molecule has 0 spiro atoms. The molecule has 0 unspecified atom stereocenters. The van der Waals surface area contributed by atoms with Gasteiger partial charge in [0.2, 0.25) is 5.91 Å². The molecular weight excluding hydrogens is 314 g/mol. The minimum Gasteiger partial charge on any atom is -0.332 e. The van der Waals surface area contributed by atoms with Gasteiger partial charge in [0.05, 0.1) is 17.9 Å². The molecule has 0 radical (unpaired) electrons. The highest BCUT2D eigenvalue weighted by Gasteiger charge is 2.25. The summed E-state index contributed by atoms with van der Waals surface area (Å²) in [6.07, 6.45) is 3.22. The summed E-state index contributed by atoms with van der Waals surface area (Å²) >= 11 is 0. The van der Waals surface area contributed by atoms with Crippen molar-refractivity contribution in [3.63, 3.8) is 0 Å². The summed E-state index contributed by atoms with van der Waals surface area (Å²) in [6.45, 7) is 12.3. The Morgan fingerprint density at radius 1 is 1.24 bits per heavy atom. The van der Waals surface area contributed by atoms with E-state index in [0.717, 1.165) is 34.9 Å². The van der Waals surface area contributed by atoms with Crippen molar-refractivity contribution in [2.75, 3.05) is 0 Å². The Kier molecular flexibility index (Phi) is 4.88. The average molecular weight is 341 g/mol. The first-order valence-electron chi connectivity index (χ1n) is 8.97. The van der Waals surface area contributed by atoms with E-state index in [2.05, 4.69) is 42.8 Å². The highest BCUT2D eigenvalue weighted by Crippen LogP contribution is 2.22. The first-order valence-corrected chi connectivity index (χ1v) is 8.97. The molecule has 0 saturated carbocycles. The fourth-order valence-electron chi connectivity index (χ4n) is 3.20. The Morgan fingerprint density at radius 3 is 2.64 bits per heavy atom. The van der Waals surface area contributed by atoms with Crippen LogP contribution in [0.1, 0.15) is 54.3 Å². The van der Waals surface area contributed by atoms with Crippen molar-refractivity contribution in [3.05, 3.63) is 40.2 Å². The molecule has 1 aliphatic rings. The number of carbonyl (C=O) groups is 1. The zero-order valence-corrected chi connectivity index (χ0v) is 15.8. The van der Waals surface area contributed by atoms with Crippen molar-refractivity contribution in [3.8, 4) is 0 Å². The van der Waals surface area contributed by atoms with Crippen LogP contribution in [0.15, 0.2) is 6.20 Å². The number of hydrogen-bond acceptors (Lipinski definition) is 4. The van der Waals surface area contributed by atoms with Crippen molar-refractivity contribution in [2.24, 2.45) is 5.92 Å². The number of aryl methyl sites for hydroxylation is 2. The van der Waals surface area contributed by atoms with Crippen molar-refractivity contribution in [1.29, 1.82) is 0 Å². The minimum absolute atomic E-state index is 0.147. The van der Waals surface area contributed by atoms with Crippen LogP contribution in [0.3, 0.4) is 0 Å². The smallest absolute Gasteiger partial charge is 0.225 e. The molecule has 0 saturated heterocycles. The van der Waals surface area contributed by atoms with Crippen molar-refractivity contribution in [1.82, 2.24) is 24.6 Å². The highest BCUT2D eigenvalue weighted by atomic mass is 16.2. The summed E-state index contributed by atoms with van der Waals surface area (Å²) in [7, 11) is 0. The van der Waals surface area contributed by atoms with Gasteiger partial charge in [0, 0.05) is 43.4 Å². The summed E-state index contributed by atoms with van der Waals surface area (Å²) < 4.78 is 1.94. The molecule has 134 valence electrons. The van der Waals surface area contributed by atoms with Gasteiger partial charge in [-0.3, -0.25) is 9.48 Å². The number of carbonyl (C=O) groups excluding carboxylic acids is 1. The van der Waals surface area contributed by atoms with Gasteiger partial charge in [-0.05, 0) is 32.3 Å². The summed E-state index contributed by atoms with van der Waals surface area (Å²) in [5, 5.41) is 4.51. The summed E-state index contributed by atoms with van der Waals surface area (Å²) in [5.41, 5.74) is 5.45. The number of amides is 1. The molecule has 2 aromatic heterocycles. The highest BCUT2D eigenvalue weighted by molar-refractivity contribution is 5.76. The van der Waals surface area contributed by atoms with Crippen molar-refractivity contribution >= 4 is 5.91 Å². The Hall–Kier alpha value is -2.24. The molecule has 1 amide bonds. The molecule has 0 aromatic carbocycles. The summed E-state index contributed by atoms with van der Waals surface area (Å²) in [6, 6.07) is 0. The molecule has 3 rings (SSSR count). The SMILES string of the molecule is Cc1nn(CCC(=O)N2Cc3cnc(CC(C)C)nc3C2)c(C)c1C. The van der Waals surface area contributed by atoms with Gasteiger partial charge in [-0.1, -0.05) is 13.8 Å². The van der Waals surface area contributed by atoms with E-state index in [0.29, 0.717) is 32.0 Å². The first-order chi connectivity index (χ1) is 11.8. The van der Waals surface area contributed by atoms with Crippen LogP contribution in [0.4, 0.5) is 0 Å². The molecule has 6 heteroatoms. The van der Waals surface area contributed by atoms with Gasteiger partial charge in [0.25, 0.3) is 0 Å². The van der Waals surface area contributed by atoms with Gasteiger partial charge in [0.15, 0.2) is 0 Å². The standard InChI is InChI=1S/C19H27N5O/c1-12(2)8-18-20-9-16-10-23(11-17(16)21-18)19(25)6-7-24-15(5)13(3)14(4)22-24/h9,12H,6-8,10-11H2,1-5H3. The van der Waals surface area contributed by atoms with E-state index >= 15 is 0 Å². The molecular formula is C19H27N5O. The van der Waals surface area contributed by atoms with Gasteiger partial charge in [0.1, 0.15) is 5.82 Å². The fraction of sp³-hybridized carbons (Fsp3) is 0.579. The average Bonchev–Trinajstić information content (AvgIpc) is 3.08. The third-order valence-electron chi connectivity index (χ3n) is 4.93. The minimum atomic E-state index is 0.147. The van der Waals surface area contributed by atoms with Crippen LogP contribution in [0.5, 0.6) is 0 Å². The van der Waals surface area contributed by atoms with Gasteiger partial charge in [-0.2, -0.15) is 5.10 Å². The predicted molar refractivity (Wildman–Crippen MR) is 95.9 cm³/mol. The lowest BCUT2D eigenvalue weighted by Crippen LogP contribution is -2.26.